The van der Waals surface area contributed by atoms with Crippen LogP contribution in [0.25, 0.3) is 5.76 Å². The van der Waals surface area contributed by atoms with Crippen LogP contribution < -0.4 is 0 Å². The van der Waals surface area contributed by atoms with E-state index in [4.69, 9.17) is 4.74 Å². The first-order valence-corrected chi connectivity index (χ1v) is 12.6. The van der Waals surface area contributed by atoms with Crippen molar-refractivity contribution in [2.45, 2.75) is 52.6 Å². The molecule has 1 fully saturated rings. The van der Waals surface area contributed by atoms with E-state index >= 15 is 0 Å². The third kappa shape index (κ3) is 4.99. The Bertz CT molecular complexity index is 1440. The summed E-state index contributed by atoms with van der Waals surface area (Å²) in [6.07, 6.45) is 0. The second-order valence-electron chi connectivity index (χ2n) is 10.8. The van der Waals surface area contributed by atoms with Crippen molar-refractivity contribution in [2.75, 3.05) is 7.11 Å². The van der Waals surface area contributed by atoms with Gasteiger partial charge in [0.05, 0.1) is 24.3 Å². The molecule has 4 rings (SSSR count). The molecule has 1 N–H and O–H groups in total. The summed E-state index contributed by atoms with van der Waals surface area (Å²) in [7, 11) is 1.32. The summed E-state index contributed by atoms with van der Waals surface area (Å²) in [5.41, 5.74) is 5.06. The van der Waals surface area contributed by atoms with E-state index in [0.717, 1.165) is 27.8 Å². The monoisotopic (exact) mass is 511 g/mol. The number of ketones is 1. The second-order valence-corrected chi connectivity index (χ2v) is 10.8. The van der Waals surface area contributed by atoms with Gasteiger partial charge >= 0.3 is 5.97 Å². The molecule has 0 aromatic heterocycles. The number of amides is 1. The van der Waals surface area contributed by atoms with E-state index < -0.39 is 23.7 Å². The minimum atomic E-state index is -0.769. The highest BCUT2D eigenvalue weighted by molar-refractivity contribution is 6.46. The Hall–Kier alpha value is -4.19. The molecular weight excluding hydrogens is 478 g/mol. The highest BCUT2D eigenvalue weighted by atomic mass is 16.5. The Balaban J connectivity index is 1.86. The van der Waals surface area contributed by atoms with Gasteiger partial charge in [-0.3, -0.25) is 9.59 Å². The topological polar surface area (TPSA) is 83.9 Å². The molecule has 0 bridgehead atoms. The van der Waals surface area contributed by atoms with E-state index in [-0.39, 0.29) is 23.3 Å². The van der Waals surface area contributed by atoms with E-state index in [0.29, 0.717) is 11.1 Å². The van der Waals surface area contributed by atoms with Crippen molar-refractivity contribution < 1.29 is 24.2 Å². The summed E-state index contributed by atoms with van der Waals surface area (Å²) in [5.74, 6) is -2.03. The number of ether oxygens (including phenoxy) is 1. The molecule has 1 saturated heterocycles. The van der Waals surface area contributed by atoms with Gasteiger partial charge in [0, 0.05) is 12.1 Å². The highest BCUT2D eigenvalue weighted by Gasteiger charge is 2.46. The molecule has 3 aromatic rings. The molecule has 1 amide bonds. The lowest BCUT2D eigenvalue weighted by Crippen LogP contribution is -2.29. The van der Waals surface area contributed by atoms with E-state index in [2.05, 4.69) is 20.8 Å². The maximum atomic E-state index is 13.5. The number of carbonyl (C=O) groups is 3. The number of aliphatic hydroxyl groups excluding tert-OH is 1. The SMILES string of the molecule is COC(=O)c1ccc(CN2C(=O)C(=O)/C(=C(/O)c3cc(C(C)(C)C)ccc3C)C2c2ccccc2C)cc1. The Kier molecular flexibility index (Phi) is 7.27. The Morgan fingerprint density at radius 3 is 2.21 bits per heavy atom. The van der Waals surface area contributed by atoms with Gasteiger partial charge in [0.25, 0.3) is 11.7 Å². The minimum absolute atomic E-state index is 0.0737. The standard InChI is InChI=1S/C32H33NO5/c1-19-9-7-8-10-24(19)27-26(28(34)25-17-23(32(3,4)5)16-11-20(25)2)29(35)30(36)33(27)18-21-12-14-22(15-13-21)31(37)38-6/h7-17,27,34H,18H2,1-6H3/b28-26+. The van der Waals surface area contributed by atoms with E-state index in [1.165, 1.54) is 12.0 Å². The van der Waals surface area contributed by atoms with Gasteiger partial charge in [-0.25, -0.2) is 4.79 Å². The summed E-state index contributed by atoms with van der Waals surface area (Å²) in [6, 6.07) is 19.4. The third-order valence-corrected chi connectivity index (χ3v) is 7.11. The molecule has 38 heavy (non-hydrogen) atoms. The molecule has 1 aliphatic rings. The smallest absolute Gasteiger partial charge is 0.337 e. The van der Waals surface area contributed by atoms with Gasteiger partial charge in [0.1, 0.15) is 5.76 Å². The molecule has 6 nitrogen and oxygen atoms in total. The largest absolute Gasteiger partial charge is 0.507 e. The van der Waals surface area contributed by atoms with Crippen molar-refractivity contribution in [1.82, 2.24) is 4.90 Å². The Morgan fingerprint density at radius 1 is 0.947 bits per heavy atom. The van der Waals surface area contributed by atoms with Gasteiger partial charge in [-0.1, -0.05) is 69.3 Å². The Morgan fingerprint density at radius 2 is 1.61 bits per heavy atom. The lowest BCUT2D eigenvalue weighted by molar-refractivity contribution is -0.140. The molecule has 1 heterocycles. The summed E-state index contributed by atoms with van der Waals surface area (Å²) < 4.78 is 4.77. The zero-order valence-electron chi connectivity index (χ0n) is 22.7. The van der Waals surface area contributed by atoms with Gasteiger partial charge in [-0.2, -0.15) is 0 Å². The van der Waals surface area contributed by atoms with Crippen LogP contribution in [-0.4, -0.2) is 34.8 Å². The van der Waals surface area contributed by atoms with Crippen LogP contribution in [0.3, 0.4) is 0 Å². The number of benzene rings is 3. The van der Waals surface area contributed by atoms with Crippen molar-refractivity contribution in [3.05, 3.63) is 111 Å². The number of methoxy groups -OCH3 is 1. The molecule has 0 aliphatic carbocycles. The van der Waals surface area contributed by atoms with Gasteiger partial charge in [-0.15, -0.1) is 0 Å². The predicted molar refractivity (Wildman–Crippen MR) is 147 cm³/mol. The summed E-state index contributed by atoms with van der Waals surface area (Å²) in [4.78, 5) is 40.3. The molecule has 0 saturated carbocycles. The normalized spacial score (nSPS) is 17.1. The molecule has 3 aromatic carbocycles. The quantitative estimate of drug-likeness (QED) is 0.196. The highest BCUT2D eigenvalue weighted by Crippen LogP contribution is 2.42. The predicted octanol–water partition coefficient (Wildman–Crippen LogP) is 6.01. The minimum Gasteiger partial charge on any atom is -0.507 e. The number of aliphatic hydroxyl groups is 1. The van der Waals surface area contributed by atoms with E-state index in [1.807, 2.05) is 56.3 Å². The summed E-state index contributed by atoms with van der Waals surface area (Å²) >= 11 is 0. The fourth-order valence-corrected chi connectivity index (χ4v) is 4.81. The van der Waals surface area contributed by atoms with Crippen molar-refractivity contribution in [3.8, 4) is 0 Å². The molecule has 6 heteroatoms. The van der Waals surface area contributed by atoms with Crippen LogP contribution in [-0.2, 0) is 26.3 Å². The molecule has 0 radical (unpaired) electrons. The second kappa shape index (κ2) is 10.3. The van der Waals surface area contributed by atoms with Crippen LogP contribution in [0.5, 0.6) is 0 Å². The molecule has 196 valence electrons. The third-order valence-electron chi connectivity index (χ3n) is 7.11. The first-order chi connectivity index (χ1) is 17.9. The number of esters is 1. The van der Waals surface area contributed by atoms with Crippen LogP contribution in [0.4, 0.5) is 0 Å². The molecule has 1 atom stereocenters. The number of likely N-dealkylation sites (tertiary alicyclic amines) is 1. The van der Waals surface area contributed by atoms with E-state index in [9.17, 15) is 19.5 Å². The molecule has 1 unspecified atom stereocenters. The number of carbonyl (C=O) groups excluding carboxylic acids is 3. The average Bonchev–Trinajstić information content (AvgIpc) is 3.13. The van der Waals surface area contributed by atoms with Crippen molar-refractivity contribution in [2.24, 2.45) is 0 Å². The van der Waals surface area contributed by atoms with Crippen LogP contribution in [0, 0.1) is 13.8 Å². The lowest BCUT2D eigenvalue weighted by atomic mass is 9.84. The van der Waals surface area contributed by atoms with Crippen molar-refractivity contribution in [3.63, 3.8) is 0 Å². The van der Waals surface area contributed by atoms with Gasteiger partial charge < -0.3 is 14.7 Å². The summed E-state index contributed by atoms with van der Waals surface area (Å²) in [6.45, 7) is 10.2. The van der Waals surface area contributed by atoms with Crippen LogP contribution in [0.2, 0.25) is 0 Å². The van der Waals surface area contributed by atoms with Crippen LogP contribution in [0.15, 0.2) is 72.3 Å². The number of Topliss-reactive ketones (excluding diaryl/α,β-unsaturated/α-hetero) is 1. The van der Waals surface area contributed by atoms with Gasteiger partial charge in [0.15, 0.2) is 0 Å². The summed E-state index contributed by atoms with van der Waals surface area (Å²) in [5, 5.41) is 11.6. The first-order valence-electron chi connectivity index (χ1n) is 12.6. The Labute approximate surface area is 223 Å². The molecule has 0 spiro atoms. The van der Waals surface area contributed by atoms with Crippen LogP contribution >= 0.6 is 0 Å². The molecule has 1 aliphatic heterocycles. The van der Waals surface area contributed by atoms with Gasteiger partial charge in [-0.05, 0) is 65.3 Å². The zero-order chi connectivity index (χ0) is 27.8. The number of hydrogen-bond acceptors (Lipinski definition) is 5. The maximum absolute atomic E-state index is 13.5. The lowest BCUT2D eigenvalue weighted by Gasteiger charge is -2.27. The fourth-order valence-electron chi connectivity index (χ4n) is 4.81. The maximum Gasteiger partial charge on any atom is 0.337 e. The zero-order valence-corrected chi connectivity index (χ0v) is 22.7. The number of rotatable bonds is 5. The number of hydrogen-bond donors (Lipinski definition) is 1. The average molecular weight is 512 g/mol. The number of aryl methyl sites for hydroxylation is 2. The first kappa shape index (κ1) is 26.9. The van der Waals surface area contributed by atoms with Gasteiger partial charge in [0.2, 0.25) is 0 Å². The number of nitrogens with zero attached hydrogens (tertiary/aromatic N) is 1. The van der Waals surface area contributed by atoms with Crippen molar-refractivity contribution >= 4 is 23.4 Å². The fraction of sp³-hybridized carbons (Fsp3) is 0.281. The van der Waals surface area contributed by atoms with E-state index in [1.54, 1.807) is 24.3 Å². The van der Waals surface area contributed by atoms with Crippen LogP contribution in [0.1, 0.15) is 70.6 Å². The molecular formula is C32H33NO5. The van der Waals surface area contributed by atoms with Crippen molar-refractivity contribution in [1.29, 1.82) is 0 Å².